The first-order valence-electron chi connectivity index (χ1n) is 22.7. The van der Waals surface area contributed by atoms with Gasteiger partial charge in [-0.3, -0.25) is 0 Å². The van der Waals surface area contributed by atoms with E-state index < -0.39 is 0 Å². The van der Waals surface area contributed by atoms with Crippen molar-refractivity contribution in [1.29, 1.82) is 0 Å². The van der Waals surface area contributed by atoms with Crippen LogP contribution in [-0.2, 0) is 47.0 Å². The van der Waals surface area contributed by atoms with Gasteiger partial charge < -0.3 is 24.8 Å². The maximum Gasteiger partial charge on any atom is -0.0132 e. The summed E-state index contributed by atoms with van der Waals surface area (Å²) in [5.41, 5.74) is 14.7. The molecule has 0 aliphatic heterocycles. The van der Waals surface area contributed by atoms with E-state index in [1.54, 1.807) is 34.5 Å². The standard InChI is InChI=1S/2C27H33.C2H6Si.2ClH.Zr/c2*1-19-10-15-24(22-11-13-23(14-12-22)27(2,3)4)26-18-21(17-25(19)26)16-20-8-6-5-7-9-20;1-3-2;;;/h2*10-15,17-18,20H,5-9,16H2,1-4H3;1-2H3;2*1H;/q2*-1;;;;+2/p-2. The minimum Gasteiger partial charge on any atom is -1.00 e. The molecule has 0 unspecified atom stereocenters. The Kier molecular flexibility index (Phi) is 18.8. The molecule has 2 aliphatic carbocycles. The van der Waals surface area contributed by atoms with Gasteiger partial charge in [-0.1, -0.05) is 191 Å². The molecule has 6 aromatic rings. The van der Waals surface area contributed by atoms with Crippen LogP contribution in [0.5, 0.6) is 0 Å². The molecule has 0 heterocycles. The Bertz CT molecular complexity index is 2100. The number of hydrogen-bond donors (Lipinski definition) is 0. The molecule has 0 amide bonds. The van der Waals surface area contributed by atoms with E-state index in [1.165, 1.54) is 143 Å². The first-order valence-corrected chi connectivity index (χ1v) is 28.9. The third kappa shape index (κ3) is 13.4. The Morgan fingerprint density at radius 3 is 1.13 bits per heavy atom. The second-order valence-electron chi connectivity index (χ2n) is 20.3. The van der Waals surface area contributed by atoms with Crippen LogP contribution in [0, 0.1) is 25.7 Å². The predicted molar refractivity (Wildman–Crippen MR) is 255 cm³/mol. The molecule has 0 nitrogen and oxygen atoms in total. The first kappa shape index (κ1) is 50.4. The summed E-state index contributed by atoms with van der Waals surface area (Å²) >= 11 is 1.74. The van der Waals surface area contributed by atoms with Gasteiger partial charge in [0.1, 0.15) is 0 Å². The Balaban J connectivity index is 0.000000236. The Hall–Kier alpha value is -2.22. The second kappa shape index (κ2) is 22.4. The Labute approximate surface area is 393 Å². The van der Waals surface area contributed by atoms with Gasteiger partial charge in [-0.2, -0.15) is 12.1 Å². The Morgan fingerprint density at radius 1 is 0.517 bits per heavy atom. The average Bonchev–Trinajstić information content (AvgIpc) is 3.81. The summed E-state index contributed by atoms with van der Waals surface area (Å²) < 4.78 is 0. The topological polar surface area (TPSA) is 0 Å². The predicted octanol–water partition coefficient (Wildman–Crippen LogP) is 10.7. The van der Waals surface area contributed by atoms with Gasteiger partial charge in [0.05, 0.1) is 0 Å². The van der Waals surface area contributed by atoms with Gasteiger partial charge in [-0.15, -0.1) is 68.1 Å². The second-order valence-corrected chi connectivity index (χ2v) is 29.7. The van der Waals surface area contributed by atoms with Gasteiger partial charge in [-0.25, -0.2) is 0 Å². The summed E-state index contributed by atoms with van der Waals surface area (Å²) in [6, 6.07) is 37.5. The van der Waals surface area contributed by atoms with Gasteiger partial charge >= 0.3 is 41.9 Å². The van der Waals surface area contributed by atoms with E-state index in [2.05, 4.69) is 166 Å². The van der Waals surface area contributed by atoms with Crippen molar-refractivity contribution >= 4 is 27.0 Å². The summed E-state index contributed by atoms with van der Waals surface area (Å²) in [6.07, 6.45) is 16.8. The van der Waals surface area contributed by atoms with Crippen LogP contribution in [-0.4, -0.2) is 5.43 Å². The molecule has 0 atom stereocenters. The minimum atomic E-state index is 0. The normalized spacial score (nSPS) is 15.0. The third-order valence-corrected chi connectivity index (χ3v) is 13.0. The van der Waals surface area contributed by atoms with E-state index in [9.17, 15) is 0 Å². The molecule has 0 aromatic heterocycles. The van der Waals surface area contributed by atoms with Gasteiger partial charge in [-0.05, 0) is 57.8 Å². The maximum absolute atomic E-state index is 2.48. The summed E-state index contributed by atoms with van der Waals surface area (Å²) in [4.78, 5) is 0. The fraction of sp³-hybridized carbons (Fsp3) is 0.464. The molecule has 0 bridgehead atoms. The van der Waals surface area contributed by atoms with Gasteiger partial charge in [0.25, 0.3) is 0 Å². The molecule has 0 N–H and O–H groups in total. The van der Waals surface area contributed by atoms with Crippen LogP contribution in [0.3, 0.4) is 0 Å². The van der Waals surface area contributed by atoms with Crippen molar-refractivity contribution in [2.45, 2.75) is 156 Å². The number of benzene rings is 4. The van der Waals surface area contributed by atoms with Crippen molar-refractivity contribution in [1.82, 2.24) is 0 Å². The average molecular weight is 935 g/mol. The van der Waals surface area contributed by atoms with Crippen molar-refractivity contribution in [2.75, 3.05) is 0 Å². The molecule has 2 fully saturated rings. The fourth-order valence-corrected chi connectivity index (χ4v) is 9.50. The molecule has 0 spiro atoms. The molecule has 2 aliphatic rings. The molecule has 320 valence electrons. The van der Waals surface area contributed by atoms with Gasteiger partial charge in [0.2, 0.25) is 0 Å². The van der Waals surface area contributed by atoms with Crippen LogP contribution in [0.15, 0.2) is 97.1 Å². The van der Waals surface area contributed by atoms with Gasteiger partial charge in [0, 0.05) is 0 Å². The summed E-state index contributed by atoms with van der Waals surface area (Å²) in [5, 5.41) is 5.75. The number of hydrogen-bond acceptors (Lipinski definition) is 0. The molecule has 6 aromatic carbocycles. The fourth-order valence-electron chi connectivity index (χ4n) is 9.50. The molecule has 0 radical (unpaired) electrons. The van der Waals surface area contributed by atoms with Crippen LogP contribution < -0.4 is 24.8 Å². The Morgan fingerprint density at radius 2 is 0.833 bits per heavy atom. The number of fused-ring (bicyclic) bond motifs is 2. The summed E-state index contributed by atoms with van der Waals surface area (Å²) in [7, 11) is 0. The van der Waals surface area contributed by atoms with E-state index in [-0.39, 0.29) is 41.1 Å². The molecule has 8 rings (SSSR count). The van der Waals surface area contributed by atoms with Crippen LogP contribution in [0.4, 0.5) is 0 Å². The summed E-state index contributed by atoms with van der Waals surface area (Å²) in [6.45, 7) is 22.8. The zero-order chi connectivity index (χ0) is 41.6. The molecule has 4 heteroatoms. The zero-order valence-corrected chi connectivity index (χ0v) is 43.6. The van der Waals surface area contributed by atoms with Crippen LogP contribution in [0.1, 0.15) is 139 Å². The molecular weight excluding hydrogens is 863 g/mol. The van der Waals surface area contributed by atoms with Crippen LogP contribution in [0.2, 0.25) is 13.1 Å². The smallest absolute Gasteiger partial charge is 0.0132 e. The van der Waals surface area contributed by atoms with Crippen LogP contribution in [0.25, 0.3) is 43.8 Å². The largest absolute Gasteiger partial charge is 1.00 e. The zero-order valence-electron chi connectivity index (χ0n) is 38.6. The molecule has 2 saturated carbocycles. The molecule has 60 heavy (non-hydrogen) atoms. The maximum atomic E-state index is 2.48. The van der Waals surface area contributed by atoms with E-state index in [0.29, 0.717) is 0 Å². The molecule has 0 saturated heterocycles. The summed E-state index contributed by atoms with van der Waals surface area (Å²) in [5.74, 6) is 1.79. The SMILES string of the molecule is C[Si](C)=[Zr+2].Cc1ccc(-c2ccc(C(C)(C)C)cc2)c2cc(CC3CCCCC3)[cH-]c12.Cc1ccc(-c2ccc(C(C)(C)C)cc2)c2cc(CC3CCCCC3)[cH-]c12.[Cl-].[Cl-]. The van der Waals surface area contributed by atoms with Crippen molar-refractivity contribution in [3.05, 3.63) is 130 Å². The molecular formula is C56H72Cl2SiZr-2. The van der Waals surface area contributed by atoms with E-state index >= 15 is 0 Å². The van der Waals surface area contributed by atoms with E-state index in [4.69, 9.17) is 0 Å². The van der Waals surface area contributed by atoms with Crippen molar-refractivity contribution in [2.24, 2.45) is 11.8 Å². The van der Waals surface area contributed by atoms with Crippen molar-refractivity contribution < 1.29 is 48.1 Å². The van der Waals surface area contributed by atoms with E-state index in [1.807, 2.05) is 0 Å². The first-order chi connectivity index (χ1) is 27.6. The third-order valence-electron chi connectivity index (χ3n) is 13.0. The number of halogens is 2. The minimum absolute atomic E-state index is 0. The number of aryl methyl sites for hydroxylation is 2. The monoisotopic (exact) mass is 932 g/mol. The van der Waals surface area contributed by atoms with Crippen LogP contribution >= 0.6 is 0 Å². The van der Waals surface area contributed by atoms with Gasteiger partial charge in [0.15, 0.2) is 0 Å². The van der Waals surface area contributed by atoms with Crippen molar-refractivity contribution in [3.8, 4) is 22.3 Å². The number of rotatable bonds is 6. The quantitative estimate of drug-likeness (QED) is 0.115. The van der Waals surface area contributed by atoms with E-state index in [0.717, 1.165) is 11.8 Å². The van der Waals surface area contributed by atoms with Crippen molar-refractivity contribution in [3.63, 3.8) is 0 Å².